The van der Waals surface area contributed by atoms with Gasteiger partial charge >= 0.3 is 0 Å². The van der Waals surface area contributed by atoms with E-state index >= 15 is 0 Å². The lowest BCUT2D eigenvalue weighted by atomic mass is 10.1. The molecule has 0 saturated carbocycles. The topological polar surface area (TPSA) is 83.8 Å². The molecule has 3 rings (SSSR count). The Hall–Kier alpha value is -3.56. The molecule has 5 nitrogen and oxygen atoms in total. The monoisotopic (exact) mass is 400 g/mol. The largest absolute Gasteiger partial charge is 0.489 e. The van der Waals surface area contributed by atoms with Crippen LogP contribution < -0.4 is 10.5 Å². The van der Waals surface area contributed by atoms with Crippen molar-refractivity contribution < 1.29 is 4.74 Å². The highest BCUT2D eigenvalue weighted by atomic mass is 32.2. The van der Waals surface area contributed by atoms with E-state index in [0.29, 0.717) is 17.3 Å². The number of hydrogen-bond donors (Lipinski definition) is 1. The fourth-order valence-corrected chi connectivity index (χ4v) is 3.07. The van der Waals surface area contributed by atoms with Gasteiger partial charge in [0.25, 0.3) is 0 Å². The van der Waals surface area contributed by atoms with E-state index in [1.165, 1.54) is 17.3 Å². The fourth-order valence-electron chi connectivity index (χ4n) is 2.46. The lowest BCUT2D eigenvalue weighted by molar-refractivity contribution is 0.306. The summed E-state index contributed by atoms with van der Waals surface area (Å²) >= 11 is 1.45. The molecule has 0 bridgehead atoms. The maximum atomic E-state index is 8.94. The Morgan fingerprint density at radius 2 is 1.76 bits per heavy atom. The fraction of sp³-hybridized carbons (Fsp3) is 0.0870. The maximum absolute atomic E-state index is 8.94. The molecule has 144 valence electrons. The summed E-state index contributed by atoms with van der Waals surface area (Å²) in [6.07, 6.45) is 1.65. The molecule has 3 aromatic rings. The Bertz CT molecular complexity index is 1020. The molecule has 0 spiro atoms. The molecule has 29 heavy (non-hydrogen) atoms. The second-order valence-corrected chi connectivity index (χ2v) is 7.12. The van der Waals surface area contributed by atoms with Crippen LogP contribution in [0, 0.1) is 11.3 Å². The quantitative estimate of drug-likeness (QED) is 0.353. The minimum absolute atomic E-state index is 0.405. The number of nitrogens with two attached hydrogens (primary N) is 1. The number of hydrogen-bond acceptors (Lipinski definition) is 5. The third kappa shape index (κ3) is 6.83. The SMILES string of the molecule is N#Cc1cccc(COc2ccc(C=NN=C(N)SCc3ccccc3)cc2)c1. The predicted octanol–water partition coefficient (Wildman–Crippen LogP) is 4.72. The van der Waals surface area contributed by atoms with Gasteiger partial charge in [-0.1, -0.05) is 54.2 Å². The molecular weight excluding hydrogens is 380 g/mol. The van der Waals surface area contributed by atoms with E-state index in [-0.39, 0.29) is 0 Å². The van der Waals surface area contributed by atoms with Crippen LogP contribution in [-0.4, -0.2) is 11.4 Å². The molecular formula is C23H20N4OS. The average molecular weight is 401 g/mol. The summed E-state index contributed by atoms with van der Waals surface area (Å²) in [5, 5.41) is 17.4. The lowest BCUT2D eigenvalue weighted by Crippen LogP contribution is -2.05. The first kappa shape index (κ1) is 20.2. The Balaban J connectivity index is 1.48. The van der Waals surface area contributed by atoms with Gasteiger partial charge in [-0.3, -0.25) is 0 Å². The van der Waals surface area contributed by atoms with Gasteiger partial charge in [-0.2, -0.15) is 10.4 Å². The summed E-state index contributed by atoms with van der Waals surface area (Å²) in [6.45, 7) is 0.405. The highest BCUT2D eigenvalue weighted by Crippen LogP contribution is 2.15. The van der Waals surface area contributed by atoms with Crippen LogP contribution in [0.2, 0.25) is 0 Å². The van der Waals surface area contributed by atoms with Crippen molar-refractivity contribution >= 4 is 23.1 Å². The Morgan fingerprint density at radius 1 is 1.00 bits per heavy atom. The summed E-state index contributed by atoms with van der Waals surface area (Å²) in [7, 11) is 0. The lowest BCUT2D eigenvalue weighted by Gasteiger charge is -2.06. The molecule has 0 amide bonds. The summed E-state index contributed by atoms with van der Waals surface area (Å²) < 4.78 is 5.76. The van der Waals surface area contributed by atoms with Gasteiger partial charge in [0.05, 0.1) is 17.8 Å². The zero-order valence-electron chi connectivity index (χ0n) is 15.7. The number of rotatable bonds is 7. The first-order valence-corrected chi connectivity index (χ1v) is 9.96. The van der Waals surface area contributed by atoms with Crippen LogP contribution in [-0.2, 0) is 12.4 Å². The Morgan fingerprint density at radius 3 is 2.52 bits per heavy atom. The minimum Gasteiger partial charge on any atom is -0.489 e. The first-order chi connectivity index (χ1) is 14.2. The van der Waals surface area contributed by atoms with E-state index in [1.807, 2.05) is 72.8 Å². The van der Waals surface area contributed by atoms with Crippen LogP contribution in [0.3, 0.4) is 0 Å². The molecule has 0 aliphatic rings. The molecule has 0 fully saturated rings. The van der Waals surface area contributed by atoms with Crippen LogP contribution in [0.1, 0.15) is 22.3 Å². The third-order valence-electron chi connectivity index (χ3n) is 3.93. The zero-order valence-corrected chi connectivity index (χ0v) is 16.5. The molecule has 0 aliphatic carbocycles. The van der Waals surface area contributed by atoms with Gasteiger partial charge in [-0.15, -0.1) is 5.10 Å². The van der Waals surface area contributed by atoms with Crippen LogP contribution in [0.25, 0.3) is 0 Å². The van der Waals surface area contributed by atoms with Crippen LogP contribution >= 0.6 is 11.8 Å². The molecule has 3 aromatic carbocycles. The summed E-state index contributed by atoms with van der Waals surface area (Å²) in [5.74, 6) is 1.50. The number of ether oxygens (including phenoxy) is 1. The van der Waals surface area contributed by atoms with Gasteiger partial charge in [0.1, 0.15) is 12.4 Å². The summed E-state index contributed by atoms with van der Waals surface area (Å²) in [6, 6.07) is 27.1. The van der Waals surface area contributed by atoms with Gasteiger partial charge in [-0.05, 0) is 53.1 Å². The molecule has 6 heteroatoms. The van der Waals surface area contributed by atoms with E-state index in [0.717, 1.165) is 22.6 Å². The van der Waals surface area contributed by atoms with Crippen molar-refractivity contribution in [2.75, 3.05) is 0 Å². The Kier molecular flexibility index (Phi) is 7.44. The Labute approximate surface area is 174 Å². The minimum atomic E-state index is 0.405. The average Bonchev–Trinajstić information content (AvgIpc) is 2.78. The van der Waals surface area contributed by atoms with Gasteiger partial charge in [-0.25, -0.2) is 0 Å². The highest BCUT2D eigenvalue weighted by molar-refractivity contribution is 8.13. The molecule has 0 unspecified atom stereocenters. The predicted molar refractivity (Wildman–Crippen MR) is 119 cm³/mol. The molecule has 0 aliphatic heterocycles. The van der Waals surface area contributed by atoms with Crippen molar-refractivity contribution in [2.45, 2.75) is 12.4 Å². The van der Waals surface area contributed by atoms with Crippen molar-refractivity contribution in [3.8, 4) is 11.8 Å². The van der Waals surface area contributed by atoms with Crippen LogP contribution in [0.5, 0.6) is 5.75 Å². The number of nitrogens with zero attached hydrogens (tertiary/aromatic N) is 3. The van der Waals surface area contributed by atoms with E-state index in [1.54, 1.807) is 12.3 Å². The van der Waals surface area contributed by atoms with Crippen LogP contribution in [0.15, 0.2) is 89.1 Å². The molecule has 0 heterocycles. The van der Waals surface area contributed by atoms with Gasteiger partial charge in [0.2, 0.25) is 0 Å². The smallest absolute Gasteiger partial charge is 0.180 e. The van der Waals surface area contributed by atoms with Crippen LogP contribution in [0.4, 0.5) is 0 Å². The maximum Gasteiger partial charge on any atom is 0.180 e. The van der Waals surface area contributed by atoms with Crippen molar-refractivity contribution in [3.05, 3.63) is 101 Å². The number of benzene rings is 3. The molecule has 0 radical (unpaired) electrons. The van der Waals surface area contributed by atoms with Crippen molar-refractivity contribution in [1.82, 2.24) is 0 Å². The molecule has 0 saturated heterocycles. The summed E-state index contributed by atoms with van der Waals surface area (Å²) in [5.41, 5.74) is 9.55. The molecule has 0 atom stereocenters. The van der Waals surface area contributed by atoms with Crippen molar-refractivity contribution in [2.24, 2.45) is 15.9 Å². The molecule has 0 aromatic heterocycles. The van der Waals surface area contributed by atoms with Crippen molar-refractivity contribution in [1.29, 1.82) is 5.26 Å². The normalized spacial score (nSPS) is 11.3. The van der Waals surface area contributed by atoms with Gasteiger partial charge < -0.3 is 10.5 Å². The van der Waals surface area contributed by atoms with Gasteiger partial charge in [0.15, 0.2) is 5.17 Å². The van der Waals surface area contributed by atoms with E-state index in [9.17, 15) is 0 Å². The number of nitriles is 1. The second kappa shape index (κ2) is 10.7. The van der Waals surface area contributed by atoms with E-state index in [4.69, 9.17) is 15.7 Å². The third-order valence-corrected chi connectivity index (χ3v) is 4.79. The summed E-state index contributed by atoms with van der Waals surface area (Å²) in [4.78, 5) is 0. The standard InChI is InChI=1S/C23H20N4OS/c24-14-20-7-4-8-21(13-20)16-28-22-11-9-18(10-12-22)15-26-27-23(25)29-17-19-5-2-1-3-6-19/h1-13,15H,16-17H2,(H2,25,27). The van der Waals surface area contributed by atoms with E-state index < -0.39 is 0 Å². The molecule has 2 N–H and O–H groups in total. The van der Waals surface area contributed by atoms with Gasteiger partial charge in [0, 0.05) is 5.75 Å². The number of thioether (sulfide) groups is 1. The first-order valence-electron chi connectivity index (χ1n) is 8.98. The highest BCUT2D eigenvalue weighted by Gasteiger charge is 1.99. The second-order valence-electron chi connectivity index (χ2n) is 6.13. The van der Waals surface area contributed by atoms with E-state index in [2.05, 4.69) is 16.3 Å². The number of amidine groups is 1. The zero-order chi connectivity index (χ0) is 20.3. The van der Waals surface area contributed by atoms with Crippen molar-refractivity contribution in [3.63, 3.8) is 0 Å².